The molecule has 148 valence electrons. The number of nitriles is 1. The molecule has 5 nitrogen and oxygen atoms in total. The van der Waals surface area contributed by atoms with Gasteiger partial charge in [-0.1, -0.05) is 17.4 Å². The molecule has 2 aromatic heterocycles. The summed E-state index contributed by atoms with van der Waals surface area (Å²) in [5, 5.41) is 16.1. The number of hydrogen-bond acceptors (Lipinski definition) is 4. The molecule has 3 aromatic rings. The lowest BCUT2D eigenvalue weighted by Crippen LogP contribution is -2.08. The van der Waals surface area contributed by atoms with Gasteiger partial charge < -0.3 is 0 Å². The SMILES string of the molecule is N#Cc1cnnn1-c1cc(/C=C/c2cccc(C(F)(F)F)n2)cc(C(F)(F)F)c1. The van der Waals surface area contributed by atoms with Gasteiger partial charge in [0.15, 0.2) is 5.69 Å². The van der Waals surface area contributed by atoms with Gasteiger partial charge in [0.1, 0.15) is 11.8 Å². The molecule has 0 aliphatic heterocycles. The molecule has 0 amide bonds. The largest absolute Gasteiger partial charge is 0.433 e. The van der Waals surface area contributed by atoms with Gasteiger partial charge in [-0.3, -0.25) is 0 Å². The van der Waals surface area contributed by atoms with Crippen LogP contribution in [0, 0.1) is 11.3 Å². The molecule has 0 atom stereocenters. The monoisotopic (exact) mass is 409 g/mol. The number of alkyl halides is 6. The van der Waals surface area contributed by atoms with Crippen LogP contribution >= 0.6 is 0 Å². The van der Waals surface area contributed by atoms with E-state index in [9.17, 15) is 26.3 Å². The highest BCUT2D eigenvalue weighted by molar-refractivity contribution is 5.69. The number of hydrogen-bond donors (Lipinski definition) is 0. The summed E-state index contributed by atoms with van der Waals surface area (Å²) in [5.74, 6) is 0. The average Bonchev–Trinajstić information content (AvgIpc) is 3.14. The number of halogens is 6. The first-order valence-electron chi connectivity index (χ1n) is 7.84. The Labute approximate surface area is 159 Å². The maximum absolute atomic E-state index is 13.2. The van der Waals surface area contributed by atoms with Gasteiger partial charge in [-0.25, -0.2) is 9.67 Å². The molecule has 0 aliphatic carbocycles. The first-order valence-corrected chi connectivity index (χ1v) is 7.84. The molecule has 3 rings (SSSR count). The van der Waals surface area contributed by atoms with Crippen LogP contribution in [-0.2, 0) is 12.4 Å². The predicted octanol–water partition coefficient (Wildman–Crippen LogP) is 4.74. The van der Waals surface area contributed by atoms with Crippen molar-refractivity contribution in [3.63, 3.8) is 0 Å². The Morgan fingerprint density at radius 1 is 0.966 bits per heavy atom. The zero-order chi connectivity index (χ0) is 21.2. The van der Waals surface area contributed by atoms with E-state index >= 15 is 0 Å². The highest BCUT2D eigenvalue weighted by Crippen LogP contribution is 2.32. The minimum absolute atomic E-state index is 0.0217. The maximum Gasteiger partial charge on any atom is 0.433 e. The van der Waals surface area contributed by atoms with E-state index in [-0.39, 0.29) is 22.6 Å². The molecule has 0 saturated heterocycles. The summed E-state index contributed by atoms with van der Waals surface area (Å²) in [6, 6.07) is 7.85. The van der Waals surface area contributed by atoms with Crippen molar-refractivity contribution >= 4 is 12.2 Å². The Morgan fingerprint density at radius 2 is 1.72 bits per heavy atom. The van der Waals surface area contributed by atoms with E-state index in [1.54, 1.807) is 6.07 Å². The molecule has 0 bridgehead atoms. The molecule has 29 heavy (non-hydrogen) atoms. The average molecular weight is 409 g/mol. The number of aromatic nitrogens is 4. The van der Waals surface area contributed by atoms with Crippen molar-refractivity contribution in [2.24, 2.45) is 0 Å². The Kier molecular flexibility index (Phi) is 5.11. The van der Waals surface area contributed by atoms with Crippen molar-refractivity contribution in [2.45, 2.75) is 12.4 Å². The van der Waals surface area contributed by atoms with Crippen LogP contribution in [0.5, 0.6) is 0 Å². The van der Waals surface area contributed by atoms with Crippen molar-refractivity contribution in [3.05, 3.63) is 70.8 Å². The van der Waals surface area contributed by atoms with Gasteiger partial charge in [0.05, 0.1) is 23.1 Å². The second-order valence-corrected chi connectivity index (χ2v) is 5.73. The summed E-state index contributed by atoms with van der Waals surface area (Å²) >= 11 is 0. The van der Waals surface area contributed by atoms with Crippen molar-refractivity contribution in [2.75, 3.05) is 0 Å². The number of nitrogens with zero attached hydrogens (tertiary/aromatic N) is 5. The van der Waals surface area contributed by atoms with E-state index in [2.05, 4.69) is 15.3 Å². The molecule has 0 aliphatic rings. The zero-order valence-electron chi connectivity index (χ0n) is 14.2. The number of rotatable bonds is 3. The fourth-order valence-electron chi connectivity index (χ4n) is 2.40. The molecule has 0 spiro atoms. The van der Waals surface area contributed by atoms with Gasteiger partial charge in [-0.15, -0.1) is 5.10 Å². The van der Waals surface area contributed by atoms with E-state index in [1.807, 2.05) is 0 Å². The maximum atomic E-state index is 13.2. The van der Waals surface area contributed by atoms with Crippen LogP contribution < -0.4 is 0 Å². The van der Waals surface area contributed by atoms with E-state index in [0.717, 1.165) is 41.2 Å². The Balaban J connectivity index is 2.05. The van der Waals surface area contributed by atoms with E-state index in [4.69, 9.17) is 5.26 Å². The fourth-order valence-corrected chi connectivity index (χ4v) is 2.40. The molecular formula is C18H9F6N5. The minimum Gasteiger partial charge on any atom is -0.244 e. The lowest BCUT2D eigenvalue weighted by Gasteiger charge is -2.11. The summed E-state index contributed by atoms with van der Waals surface area (Å²) in [7, 11) is 0. The van der Waals surface area contributed by atoms with Crippen molar-refractivity contribution < 1.29 is 26.3 Å². The predicted molar refractivity (Wildman–Crippen MR) is 89.2 cm³/mol. The van der Waals surface area contributed by atoms with Gasteiger partial charge in [0, 0.05) is 0 Å². The van der Waals surface area contributed by atoms with Gasteiger partial charge in [0.25, 0.3) is 0 Å². The van der Waals surface area contributed by atoms with Crippen LogP contribution in [-0.4, -0.2) is 20.0 Å². The van der Waals surface area contributed by atoms with Crippen LogP contribution in [0.4, 0.5) is 26.3 Å². The lowest BCUT2D eigenvalue weighted by molar-refractivity contribution is -0.141. The Morgan fingerprint density at radius 3 is 2.38 bits per heavy atom. The summed E-state index contributed by atoms with van der Waals surface area (Å²) in [6.07, 6.45) is -5.91. The third-order valence-corrected chi connectivity index (χ3v) is 3.68. The molecule has 1 aromatic carbocycles. The normalized spacial score (nSPS) is 12.3. The van der Waals surface area contributed by atoms with Crippen molar-refractivity contribution in [3.8, 4) is 11.8 Å². The van der Waals surface area contributed by atoms with Gasteiger partial charge in [0.2, 0.25) is 0 Å². The zero-order valence-corrected chi connectivity index (χ0v) is 14.2. The highest BCUT2D eigenvalue weighted by Gasteiger charge is 2.32. The Bertz CT molecular complexity index is 1100. The molecule has 0 N–H and O–H groups in total. The molecule has 0 unspecified atom stereocenters. The first-order chi connectivity index (χ1) is 13.6. The molecule has 0 radical (unpaired) electrons. The fraction of sp³-hybridized carbons (Fsp3) is 0.111. The summed E-state index contributed by atoms with van der Waals surface area (Å²) < 4.78 is 78.9. The molecule has 11 heteroatoms. The quantitative estimate of drug-likeness (QED) is 0.586. The standard InChI is InChI=1S/C18H9F6N5/c19-17(20,21)12-6-11(7-14(8-12)29-15(9-25)10-26-28-29)4-5-13-2-1-3-16(27-13)18(22,23)24/h1-8,10H/b5-4+. The first kappa shape index (κ1) is 20.1. The summed E-state index contributed by atoms with van der Waals surface area (Å²) in [5.41, 5.74) is -2.37. The molecule has 0 fully saturated rings. The second kappa shape index (κ2) is 7.38. The van der Waals surface area contributed by atoms with Crippen molar-refractivity contribution in [1.82, 2.24) is 20.0 Å². The highest BCUT2D eigenvalue weighted by atomic mass is 19.4. The Hall–Kier alpha value is -3.68. The van der Waals surface area contributed by atoms with Crippen LogP contribution in [0.3, 0.4) is 0 Å². The summed E-state index contributed by atoms with van der Waals surface area (Å²) in [4.78, 5) is 3.43. The van der Waals surface area contributed by atoms with E-state index < -0.39 is 23.6 Å². The third kappa shape index (κ3) is 4.60. The molecular weight excluding hydrogens is 400 g/mol. The lowest BCUT2D eigenvalue weighted by atomic mass is 10.1. The van der Waals surface area contributed by atoms with Crippen LogP contribution in [0.1, 0.15) is 28.2 Å². The summed E-state index contributed by atoms with van der Waals surface area (Å²) in [6.45, 7) is 0. The van der Waals surface area contributed by atoms with E-state index in [1.165, 1.54) is 18.2 Å². The smallest absolute Gasteiger partial charge is 0.244 e. The van der Waals surface area contributed by atoms with Crippen LogP contribution in [0.15, 0.2) is 42.6 Å². The van der Waals surface area contributed by atoms with Gasteiger partial charge in [-0.05, 0) is 42.0 Å². The van der Waals surface area contributed by atoms with Gasteiger partial charge >= 0.3 is 12.4 Å². The number of benzene rings is 1. The third-order valence-electron chi connectivity index (χ3n) is 3.68. The topological polar surface area (TPSA) is 67.4 Å². The number of pyridine rings is 1. The van der Waals surface area contributed by atoms with Crippen LogP contribution in [0.25, 0.3) is 17.8 Å². The van der Waals surface area contributed by atoms with E-state index in [0.29, 0.717) is 0 Å². The van der Waals surface area contributed by atoms with Gasteiger partial charge in [-0.2, -0.15) is 31.6 Å². The van der Waals surface area contributed by atoms with Crippen molar-refractivity contribution in [1.29, 1.82) is 5.26 Å². The van der Waals surface area contributed by atoms with Crippen LogP contribution in [0.2, 0.25) is 0 Å². The molecule has 0 saturated carbocycles. The minimum atomic E-state index is -4.69. The molecule has 2 heterocycles. The second-order valence-electron chi connectivity index (χ2n) is 5.73.